The molecular formula is C94H162N30O25. The second kappa shape index (κ2) is 73.5. The second-order valence-electron chi connectivity index (χ2n) is 37.2. The minimum Gasteiger partial charge on any atom is -0.508 e. The summed E-state index contributed by atoms with van der Waals surface area (Å²) in [6.45, 7) is 10.3. The molecule has 0 bridgehead atoms. The number of aromatic hydroxyl groups is 1. The van der Waals surface area contributed by atoms with Crippen LogP contribution < -0.4 is 142 Å². The highest BCUT2D eigenvalue weighted by atomic mass is 16.4. The van der Waals surface area contributed by atoms with Gasteiger partial charge in [-0.2, -0.15) is 0 Å². The number of carboxylic acids is 1. The predicted octanol–water partition coefficient (Wildman–Crippen LogP) is -6.92. The lowest BCUT2D eigenvalue weighted by molar-refractivity contribution is -0.141. The lowest BCUT2D eigenvalue weighted by Crippen LogP contribution is -2.61. The number of nitrogens with one attached hydrogen (secondary N) is 21. The van der Waals surface area contributed by atoms with E-state index in [2.05, 4.69) is 108 Å². The van der Waals surface area contributed by atoms with Gasteiger partial charge in [0.2, 0.25) is 106 Å². The lowest BCUT2D eigenvalue weighted by Gasteiger charge is -2.29. The second-order valence-corrected chi connectivity index (χ2v) is 37.2. The number of aliphatic hydroxyl groups is 2. The van der Waals surface area contributed by atoms with Gasteiger partial charge in [0.15, 0.2) is 17.9 Å². The molecule has 55 heteroatoms. The van der Waals surface area contributed by atoms with Crippen LogP contribution in [0.4, 0.5) is 0 Å². The molecule has 0 saturated carbocycles. The number of carbonyl (C=O) groups excluding carboxylic acids is 20. The molecule has 1 rings (SSSR count). The van der Waals surface area contributed by atoms with E-state index < -0.39 is 303 Å². The normalized spacial score (nSPS) is 14.2. The molecule has 838 valence electrons. The van der Waals surface area contributed by atoms with Gasteiger partial charge in [0.05, 0.1) is 32.1 Å². The number of benzene rings is 1. The van der Waals surface area contributed by atoms with E-state index in [9.17, 15) is 121 Å². The number of unbranched alkanes of at least 4 members (excludes halogenated alkanes) is 13. The number of hydrogen-bond acceptors (Lipinski definition) is 28. The highest BCUT2D eigenvalue weighted by Crippen LogP contribution is 2.19. The molecule has 0 fully saturated rings. The number of rotatable bonds is 79. The molecule has 0 saturated heterocycles. The van der Waals surface area contributed by atoms with Gasteiger partial charge in [-0.25, -0.2) is 4.99 Å². The van der Waals surface area contributed by atoms with Gasteiger partial charge in [-0.1, -0.05) is 124 Å². The summed E-state index contributed by atoms with van der Waals surface area (Å²) in [5.74, 6) is -25.9. The van der Waals surface area contributed by atoms with Gasteiger partial charge >= 0.3 is 5.97 Å². The molecule has 41 N–H and O–H groups in total. The maximum absolute atomic E-state index is 15.0. The number of nitrogens with zero attached hydrogens (tertiary/aromatic N) is 1. The van der Waals surface area contributed by atoms with Gasteiger partial charge in [0.25, 0.3) is 11.8 Å². The predicted molar refractivity (Wildman–Crippen MR) is 546 cm³/mol. The van der Waals surface area contributed by atoms with Crippen LogP contribution in [0.3, 0.4) is 0 Å². The molecule has 0 heterocycles. The molecule has 15 unspecified atom stereocenters. The van der Waals surface area contributed by atoms with Crippen LogP contribution in [-0.2, 0) is 107 Å². The molecule has 55 nitrogen and oxygen atoms in total. The quantitative estimate of drug-likeness (QED) is 0.0164. The summed E-state index contributed by atoms with van der Waals surface area (Å²) < 4.78 is 0. The first kappa shape index (κ1) is 132. The van der Waals surface area contributed by atoms with Crippen LogP contribution in [-0.4, -0.2) is 298 Å². The van der Waals surface area contributed by atoms with Crippen molar-refractivity contribution in [3.8, 4) is 5.75 Å². The van der Waals surface area contributed by atoms with Crippen molar-refractivity contribution in [3.63, 3.8) is 0 Å². The Balaban J connectivity index is 3.68. The highest BCUT2D eigenvalue weighted by molar-refractivity contribution is 6.43. The standard InChI is InChI=1S/C94H162N30O25/c1-9-10-11-12-13-14-15-16-17-18-19-20-21-31-73(131)124-76(55(8)126)91(149)122-67(47-72(98)130)86(144)110-53(6)78(136)109-49-74(132)112-58(28-24-41-106-92(100)101)80(138)123-69(50-125)90(148)121-68(48-75(133)134)87(145)111-54(7)79(137)113-60(29-25-42-107-93(102)103)81(139)116-62(36-38-70(96)128)84(142)117-63(37-39-71(97)129)85(143)120-66(46-56-32-34-57(127)35-33-56)89(147)115-61(30-26-43-108-94(104)105)82(140)114-59(27-22-23-40-95)83(141)119-65(45-52(4)5)88(146)118-64(77(99)135)44-51(2)3/h32-35,51-55,58-66,68-69,76,125-127H,9-31,36-50,95H2,1-8H3,(H2,96,128)(H2,97,129)(H2,98,130)(H2,99,135)(H,109,136)(H,110,144)(H,111,145)(H,112,132)(H,113,137)(H,114,140)(H,115,147)(H,116,139)(H,117,142)(H,118,146)(H,119,141)(H,120,143)(H,121,148)(H,123,138)(H,124,131)(H,133,134)(H4,100,101,106)(H4,102,103,107)(H4,104,105,108). The summed E-state index contributed by atoms with van der Waals surface area (Å²) in [7, 11) is 0. The number of phenols is 1. The molecule has 1 aromatic carbocycles. The number of guanidine groups is 3. The fourth-order valence-electron chi connectivity index (χ4n) is 14.9. The van der Waals surface area contributed by atoms with E-state index >= 15 is 0 Å². The number of aliphatic imine (C=N–C) groups is 1. The summed E-state index contributed by atoms with van der Waals surface area (Å²) >= 11 is 0. The van der Waals surface area contributed by atoms with Crippen LogP contribution in [0.5, 0.6) is 5.75 Å². The number of nitrogens with two attached hydrogens (primary N) is 8. The van der Waals surface area contributed by atoms with Crippen molar-refractivity contribution < 1.29 is 121 Å². The molecular weight excluding hydrogens is 1950 g/mol. The fraction of sp³-hybridized carbons (Fsp3) is 0.670. The number of aliphatic carboxylic acids is 1. The molecule has 149 heavy (non-hydrogen) atoms. The minimum absolute atomic E-state index is 0.00338. The fourth-order valence-corrected chi connectivity index (χ4v) is 14.9. The van der Waals surface area contributed by atoms with Crippen LogP contribution in [0.25, 0.3) is 0 Å². The Labute approximate surface area is 866 Å². The van der Waals surface area contributed by atoms with Crippen molar-refractivity contribution in [2.75, 3.05) is 39.3 Å². The molecule has 15 atom stereocenters. The molecule has 0 aliphatic rings. The van der Waals surface area contributed by atoms with Gasteiger partial charge in [-0.15, -0.1) is 0 Å². The topological polar surface area (TPSA) is 948 Å². The summed E-state index contributed by atoms with van der Waals surface area (Å²) in [6, 6.07) is -18.5. The average Bonchev–Trinajstić information content (AvgIpc) is 0.856. The zero-order chi connectivity index (χ0) is 113. The first-order valence-electron chi connectivity index (χ1n) is 50.2. The molecule has 0 aliphatic heterocycles. The van der Waals surface area contributed by atoms with E-state index in [1.807, 2.05) is 0 Å². The van der Waals surface area contributed by atoms with Crippen molar-refractivity contribution in [1.82, 2.24) is 95.7 Å². The Hall–Kier alpha value is -14.5. The van der Waals surface area contributed by atoms with Gasteiger partial charge in [-0.3, -0.25) is 117 Å². The number of phenolic OH excluding ortho intramolecular Hbond substituents is 1. The average molecular weight is 2110 g/mol. The van der Waals surface area contributed by atoms with Gasteiger partial charge in [0, 0.05) is 45.3 Å². The van der Waals surface area contributed by atoms with Crippen LogP contribution in [0.2, 0.25) is 0 Å². The largest absolute Gasteiger partial charge is 0.508 e. The molecule has 0 aliphatic carbocycles. The number of aliphatic hydroxyl groups excluding tert-OH is 2. The third kappa shape index (κ3) is 59.1. The van der Waals surface area contributed by atoms with Crippen LogP contribution in [0, 0.1) is 28.1 Å². The van der Waals surface area contributed by atoms with Crippen molar-refractivity contribution in [1.29, 1.82) is 16.2 Å². The third-order valence-corrected chi connectivity index (χ3v) is 23.0. The Bertz CT molecular complexity index is 4620. The van der Waals surface area contributed by atoms with E-state index in [1.165, 1.54) is 76.1 Å². The zero-order valence-electron chi connectivity index (χ0n) is 86.4. The Morgan fingerprint density at radius 3 is 1.13 bits per heavy atom. The molecule has 0 aromatic heterocycles. The number of carboxylic acid groups (broad SMARTS) is 1. The van der Waals surface area contributed by atoms with Gasteiger partial charge in [-0.05, 0) is 147 Å². The summed E-state index contributed by atoms with van der Waals surface area (Å²) in [5, 5.41) is 107. The van der Waals surface area contributed by atoms with Crippen LogP contribution in [0.15, 0.2) is 29.3 Å². The maximum atomic E-state index is 15.0. The summed E-state index contributed by atoms with van der Waals surface area (Å²) in [5.41, 5.74) is 43.8. The van der Waals surface area contributed by atoms with Crippen molar-refractivity contribution in [2.45, 2.75) is 352 Å². The molecule has 0 radical (unpaired) electrons. The number of amides is 20. The highest BCUT2D eigenvalue weighted by Gasteiger charge is 2.39. The van der Waals surface area contributed by atoms with E-state index in [4.69, 9.17) is 62.1 Å². The number of hydrogen-bond donors (Lipinski definition) is 33. The van der Waals surface area contributed by atoms with Crippen LogP contribution >= 0.6 is 0 Å². The van der Waals surface area contributed by atoms with E-state index in [0.717, 1.165) is 46.0 Å². The molecule has 0 spiro atoms. The number of primary amides is 4. The monoisotopic (exact) mass is 2110 g/mol. The Morgan fingerprint density at radius 2 is 0.725 bits per heavy atom. The maximum Gasteiger partial charge on any atom is 0.305 e. The van der Waals surface area contributed by atoms with Crippen molar-refractivity contribution >= 4 is 148 Å². The zero-order valence-corrected chi connectivity index (χ0v) is 86.4. The van der Waals surface area contributed by atoms with Crippen molar-refractivity contribution in [3.05, 3.63) is 29.8 Å². The SMILES string of the molecule is CCCCCCCCCCCCCCCC(=O)NC(C(=O)N=C(CC(N)=O)C(=O)NC(C)C(=O)NCC(=O)NC(CCCNC(=N)N)C(=O)NC(CO)C(=O)NC(CC(=O)O)C(=O)NC(C)C(=O)NC(CCCNC(=N)N)C(=O)NC(CCC(N)=O)C(=O)NC(CCC(N)=O)C(=O)NC(Cc1ccc(O)cc1)C(=O)NC(CCCNC(=N)N)C(=O)NC(CCCCN)C(=O)NC(CC(C)C)C(=O)NC(CC(C)C)C(N)=O)C(C)O. The minimum atomic E-state index is -2.17. The first-order valence-corrected chi connectivity index (χ1v) is 50.2. The van der Waals surface area contributed by atoms with Gasteiger partial charge < -0.3 is 162 Å². The smallest absolute Gasteiger partial charge is 0.305 e. The first-order chi connectivity index (χ1) is 70.2. The molecule has 1 aromatic rings. The van der Waals surface area contributed by atoms with E-state index in [-0.39, 0.29) is 114 Å². The van der Waals surface area contributed by atoms with Crippen molar-refractivity contribution in [2.24, 2.45) is 62.7 Å². The van der Waals surface area contributed by atoms with Gasteiger partial charge in [0.1, 0.15) is 96.0 Å². The van der Waals surface area contributed by atoms with E-state index in [0.29, 0.717) is 12.8 Å². The Morgan fingerprint density at radius 1 is 0.362 bits per heavy atom. The molecule has 20 amide bonds. The lowest BCUT2D eigenvalue weighted by atomic mass is 9.99. The number of carbonyl (C=O) groups is 21. The summed E-state index contributed by atoms with van der Waals surface area (Å²) in [6.07, 6.45) is 6.50. The van der Waals surface area contributed by atoms with E-state index in [1.54, 1.807) is 27.7 Å². The Kier molecular flexibility index (Phi) is 65.4. The third-order valence-electron chi connectivity index (χ3n) is 23.0. The van der Waals surface area contributed by atoms with Crippen LogP contribution in [0.1, 0.15) is 260 Å². The summed E-state index contributed by atoms with van der Waals surface area (Å²) in [4.78, 5) is 291.